The summed E-state index contributed by atoms with van der Waals surface area (Å²) in [4.78, 5) is 15.0. The van der Waals surface area contributed by atoms with Gasteiger partial charge in [-0.15, -0.1) is 16.8 Å². The third kappa shape index (κ3) is 4.28. The van der Waals surface area contributed by atoms with Crippen LogP contribution < -0.4 is 10.2 Å². The Balaban J connectivity index is 1.45. The lowest BCUT2D eigenvalue weighted by Crippen LogP contribution is -2.21. The first-order chi connectivity index (χ1) is 14.7. The molecule has 1 aliphatic rings. The van der Waals surface area contributed by atoms with Crippen molar-refractivity contribution < 1.29 is 9.21 Å². The van der Waals surface area contributed by atoms with Crippen LogP contribution in [0.1, 0.15) is 18.6 Å². The van der Waals surface area contributed by atoms with E-state index in [0.717, 1.165) is 35.8 Å². The number of nitrogens with one attached hydrogen (secondary N) is 1. The van der Waals surface area contributed by atoms with Gasteiger partial charge in [-0.05, 0) is 38.0 Å². The number of anilines is 2. The zero-order chi connectivity index (χ0) is 20.9. The van der Waals surface area contributed by atoms with Crippen LogP contribution in [0, 0.1) is 6.92 Å². The molecule has 1 amide bonds. The van der Waals surface area contributed by atoms with E-state index in [1.54, 1.807) is 12.3 Å². The summed E-state index contributed by atoms with van der Waals surface area (Å²) >= 11 is 1.36. The molecule has 7 nitrogen and oxygen atoms in total. The Labute approximate surface area is 180 Å². The second kappa shape index (κ2) is 9.21. The number of para-hydroxylation sites is 2. The van der Waals surface area contributed by atoms with Crippen molar-refractivity contribution in [1.29, 1.82) is 0 Å². The van der Waals surface area contributed by atoms with Crippen LogP contribution in [0.25, 0.3) is 11.4 Å². The summed E-state index contributed by atoms with van der Waals surface area (Å²) in [7, 11) is 0. The maximum atomic E-state index is 12.7. The fraction of sp³-hybridized carbons (Fsp3) is 0.318. The molecule has 0 saturated carbocycles. The van der Waals surface area contributed by atoms with Crippen LogP contribution in [-0.2, 0) is 11.3 Å². The molecule has 1 aromatic carbocycles. The number of allylic oxidation sites excluding steroid dienone is 1. The molecule has 1 aliphatic heterocycles. The van der Waals surface area contributed by atoms with Gasteiger partial charge >= 0.3 is 0 Å². The van der Waals surface area contributed by atoms with Crippen LogP contribution in [-0.4, -0.2) is 39.5 Å². The monoisotopic (exact) mass is 423 g/mol. The van der Waals surface area contributed by atoms with E-state index in [9.17, 15) is 4.79 Å². The molecular weight excluding hydrogens is 398 g/mol. The van der Waals surface area contributed by atoms with Gasteiger partial charge in [-0.25, -0.2) is 0 Å². The average molecular weight is 424 g/mol. The van der Waals surface area contributed by atoms with E-state index < -0.39 is 0 Å². The Morgan fingerprint density at radius 1 is 1.27 bits per heavy atom. The molecule has 8 heteroatoms. The predicted molar refractivity (Wildman–Crippen MR) is 120 cm³/mol. The van der Waals surface area contributed by atoms with E-state index in [0.29, 0.717) is 17.5 Å². The van der Waals surface area contributed by atoms with Crippen molar-refractivity contribution in [3.8, 4) is 11.4 Å². The summed E-state index contributed by atoms with van der Waals surface area (Å²) in [5.41, 5.74) is 2.83. The summed E-state index contributed by atoms with van der Waals surface area (Å²) in [6.07, 6.45) is 5.81. The number of aromatic nitrogens is 3. The van der Waals surface area contributed by atoms with Gasteiger partial charge in [-0.1, -0.05) is 30.0 Å². The molecule has 0 radical (unpaired) electrons. The van der Waals surface area contributed by atoms with E-state index >= 15 is 0 Å². The number of hydrogen-bond acceptors (Lipinski definition) is 6. The minimum Gasteiger partial charge on any atom is -0.469 e. The minimum atomic E-state index is -0.0687. The normalized spacial score (nSPS) is 13.6. The summed E-state index contributed by atoms with van der Waals surface area (Å²) in [6, 6.07) is 9.84. The van der Waals surface area contributed by atoms with Crippen molar-refractivity contribution in [3.05, 3.63) is 55.0 Å². The fourth-order valence-electron chi connectivity index (χ4n) is 3.63. The second-order valence-corrected chi connectivity index (χ2v) is 8.09. The van der Waals surface area contributed by atoms with E-state index in [-0.39, 0.29) is 11.7 Å². The SMILES string of the molecule is C=CCn1c(SCC(=O)Nc2ccccc2N2CCCC2)nnc1-c1ccoc1C. The van der Waals surface area contributed by atoms with Gasteiger partial charge in [0.05, 0.1) is 29.0 Å². The first-order valence-electron chi connectivity index (χ1n) is 10.0. The number of thioether (sulfide) groups is 1. The summed E-state index contributed by atoms with van der Waals surface area (Å²) in [6.45, 7) is 8.33. The van der Waals surface area contributed by atoms with Crippen LogP contribution in [0.5, 0.6) is 0 Å². The molecule has 3 heterocycles. The largest absolute Gasteiger partial charge is 0.469 e. The maximum absolute atomic E-state index is 12.7. The zero-order valence-electron chi connectivity index (χ0n) is 17.0. The van der Waals surface area contributed by atoms with E-state index in [2.05, 4.69) is 33.1 Å². The Kier molecular flexibility index (Phi) is 6.23. The number of hydrogen-bond donors (Lipinski definition) is 1. The predicted octanol–water partition coefficient (Wildman–Crippen LogP) is 4.36. The third-order valence-corrected chi connectivity index (χ3v) is 6.05. The Hall–Kier alpha value is -3.00. The molecule has 0 bridgehead atoms. The smallest absolute Gasteiger partial charge is 0.234 e. The van der Waals surface area contributed by atoms with Gasteiger partial charge in [0.1, 0.15) is 5.76 Å². The van der Waals surface area contributed by atoms with Crippen LogP contribution in [0.15, 0.2) is 58.8 Å². The fourth-order valence-corrected chi connectivity index (χ4v) is 4.38. The second-order valence-electron chi connectivity index (χ2n) is 7.14. The minimum absolute atomic E-state index is 0.0687. The summed E-state index contributed by atoms with van der Waals surface area (Å²) < 4.78 is 7.34. The van der Waals surface area contributed by atoms with Crippen LogP contribution in [0.4, 0.5) is 11.4 Å². The number of amides is 1. The van der Waals surface area contributed by atoms with Gasteiger partial charge in [0, 0.05) is 19.6 Å². The molecule has 0 spiro atoms. The highest BCUT2D eigenvalue weighted by atomic mass is 32.2. The quantitative estimate of drug-likeness (QED) is 0.428. The Morgan fingerprint density at radius 3 is 2.80 bits per heavy atom. The lowest BCUT2D eigenvalue weighted by atomic mass is 10.2. The lowest BCUT2D eigenvalue weighted by molar-refractivity contribution is -0.113. The van der Waals surface area contributed by atoms with Crippen LogP contribution >= 0.6 is 11.8 Å². The molecule has 4 rings (SSSR count). The first-order valence-corrected chi connectivity index (χ1v) is 11.0. The molecule has 1 fully saturated rings. The number of nitrogens with zero attached hydrogens (tertiary/aromatic N) is 4. The van der Waals surface area contributed by atoms with E-state index in [1.165, 1.54) is 24.6 Å². The van der Waals surface area contributed by atoms with Crippen molar-refractivity contribution in [2.45, 2.75) is 31.5 Å². The average Bonchev–Trinajstić information content (AvgIpc) is 3.49. The molecule has 0 unspecified atom stereocenters. The number of carbonyl (C=O) groups excluding carboxylic acids is 1. The molecule has 3 aromatic rings. The molecule has 156 valence electrons. The van der Waals surface area contributed by atoms with Crippen LogP contribution in [0.3, 0.4) is 0 Å². The number of furan rings is 1. The Morgan fingerprint density at radius 2 is 2.07 bits per heavy atom. The number of carbonyl (C=O) groups is 1. The maximum Gasteiger partial charge on any atom is 0.234 e. The van der Waals surface area contributed by atoms with Crippen molar-refractivity contribution in [3.63, 3.8) is 0 Å². The number of rotatable bonds is 8. The van der Waals surface area contributed by atoms with E-state index in [4.69, 9.17) is 4.42 Å². The van der Waals surface area contributed by atoms with Crippen LogP contribution in [0.2, 0.25) is 0 Å². The van der Waals surface area contributed by atoms with Gasteiger partial charge in [-0.3, -0.25) is 9.36 Å². The lowest BCUT2D eigenvalue weighted by Gasteiger charge is -2.21. The summed E-state index contributed by atoms with van der Waals surface area (Å²) in [5, 5.41) is 12.3. The molecule has 1 N–H and O–H groups in total. The first kappa shape index (κ1) is 20.3. The van der Waals surface area contributed by atoms with Crippen molar-refractivity contribution in [1.82, 2.24) is 14.8 Å². The van der Waals surface area contributed by atoms with Gasteiger partial charge in [0.15, 0.2) is 11.0 Å². The highest BCUT2D eigenvalue weighted by molar-refractivity contribution is 7.99. The molecule has 0 aliphatic carbocycles. The molecular formula is C22H25N5O2S. The van der Waals surface area contributed by atoms with Gasteiger partial charge in [0.25, 0.3) is 0 Å². The molecule has 0 atom stereocenters. The van der Waals surface area contributed by atoms with E-state index in [1.807, 2.05) is 35.8 Å². The molecule has 1 saturated heterocycles. The third-order valence-electron chi connectivity index (χ3n) is 5.09. The Bertz CT molecular complexity index is 1040. The van der Waals surface area contributed by atoms with Gasteiger partial charge in [-0.2, -0.15) is 0 Å². The van der Waals surface area contributed by atoms with Crippen molar-refractivity contribution >= 4 is 29.0 Å². The van der Waals surface area contributed by atoms with Crippen molar-refractivity contribution in [2.24, 2.45) is 0 Å². The zero-order valence-corrected chi connectivity index (χ0v) is 17.8. The topological polar surface area (TPSA) is 76.2 Å². The molecule has 2 aromatic heterocycles. The highest BCUT2D eigenvalue weighted by Crippen LogP contribution is 2.30. The number of benzene rings is 1. The standard InChI is InChI=1S/C22H25N5O2S/c1-3-11-27-21(17-10-14-29-16(17)2)24-25-22(27)30-15-20(28)23-18-8-4-5-9-19(18)26-12-6-7-13-26/h3-5,8-10,14H,1,6-7,11-13,15H2,2H3,(H,23,28). The number of aryl methyl sites for hydroxylation is 1. The van der Waals surface area contributed by atoms with Gasteiger partial charge < -0.3 is 14.6 Å². The summed E-state index contributed by atoms with van der Waals surface area (Å²) in [5.74, 6) is 1.67. The highest BCUT2D eigenvalue weighted by Gasteiger charge is 2.19. The molecule has 30 heavy (non-hydrogen) atoms. The van der Waals surface area contributed by atoms with Gasteiger partial charge in [0.2, 0.25) is 5.91 Å². The van der Waals surface area contributed by atoms with Crippen molar-refractivity contribution in [2.75, 3.05) is 29.1 Å².